The molecule has 0 aliphatic carbocycles. The van der Waals surface area contributed by atoms with Crippen molar-refractivity contribution in [2.45, 2.75) is 46.1 Å². The summed E-state index contributed by atoms with van der Waals surface area (Å²) in [6, 6.07) is -0.409. The first-order chi connectivity index (χ1) is 9.03. The number of carbonyl (C=O) groups is 3. The minimum atomic E-state index is -0.913. The standard InChI is InChI=1S/C13H25N3O4/c1-9(2)7-16(8-10(14)17)12(20)15-13(3,4)6-5-11(18)19/h9H,5-8H2,1-4H3,(H2,14,17)(H,15,20)(H,18,19). The molecule has 0 fully saturated rings. The van der Waals surface area contributed by atoms with E-state index in [1.807, 2.05) is 13.8 Å². The van der Waals surface area contributed by atoms with Crippen molar-refractivity contribution in [2.75, 3.05) is 13.1 Å². The molecule has 3 amide bonds. The van der Waals surface area contributed by atoms with Crippen LogP contribution in [0.2, 0.25) is 0 Å². The molecule has 7 nitrogen and oxygen atoms in total. The van der Waals surface area contributed by atoms with Crippen molar-refractivity contribution in [3.8, 4) is 0 Å². The number of amides is 3. The van der Waals surface area contributed by atoms with Gasteiger partial charge in [0.25, 0.3) is 0 Å². The fourth-order valence-corrected chi connectivity index (χ4v) is 1.70. The van der Waals surface area contributed by atoms with Crippen LogP contribution in [0.4, 0.5) is 4.79 Å². The Morgan fingerprint density at radius 1 is 1.30 bits per heavy atom. The molecule has 0 aliphatic heterocycles. The van der Waals surface area contributed by atoms with Crippen LogP contribution in [-0.2, 0) is 9.59 Å². The largest absolute Gasteiger partial charge is 0.481 e. The summed E-state index contributed by atoms with van der Waals surface area (Å²) in [6.45, 7) is 7.59. The van der Waals surface area contributed by atoms with E-state index in [0.717, 1.165) is 0 Å². The van der Waals surface area contributed by atoms with Crippen molar-refractivity contribution in [1.29, 1.82) is 0 Å². The van der Waals surface area contributed by atoms with Gasteiger partial charge in [-0.15, -0.1) is 0 Å². The van der Waals surface area contributed by atoms with Crippen LogP contribution < -0.4 is 11.1 Å². The van der Waals surface area contributed by atoms with E-state index >= 15 is 0 Å². The van der Waals surface area contributed by atoms with Crippen molar-refractivity contribution in [1.82, 2.24) is 10.2 Å². The van der Waals surface area contributed by atoms with Gasteiger partial charge in [-0.2, -0.15) is 0 Å². The quantitative estimate of drug-likeness (QED) is 0.612. The second-order valence-corrected chi connectivity index (χ2v) is 5.95. The SMILES string of the molecule is CC(C)CN(CC(N)=O)C(=O)NC(C)(C)CCC(=O)O. The summed E-state index contributed by atoms with van der Waals surface area (Å²) in [5, 5.41) is 11.4. The van der Waals surface area contributed by atoms with Gasteiger partial charge in [-0.1, -0.05) is 13.8 Å². The fraction of sp³-hybridized carbons (Fsp3) is 0.769. The molecule has 0 aromatic rings. The van der Waals surface area contributed by atoms with Crippen LogP contribution in [0, 0.1) is 5.92 Å². The average molecular weight is 287 g/mol. The van der Waals surface area contributed by atoms with Crippen LogP contribution in [-0.4, -0.2) is 46.5 Å². The number of carboxylic acids is 1. The Bertz CT molecular complexity index is 367. The number of hydrogen-bond donors (Lipinski definition) is 3. The predicted octanol–water partition coefficient (Wildman–Crippen LogP) is 0.783. The van der Waals surface area contributed by atoms with Gasteiger partial charge in [0.2, 0.25) is 5.91 Å². The van der Waals surface area contributed by atoms with Crippen molar-refractivity contribution < 1.29 is 19.5 Å². The van der Waals surface area contributed by atoms with Crippen molar-refractivity contribution in [3.63, 3.8) is 0 Å². The number of urea groups is 1. The van der Waals surface area contributed by atoms with Gasteiger partial charge in [-0.3, -0.25) is 9.59 Å². The van der Waals surface area contributed by atoms with Gasteiger partial charge in [-0.05, 0) is 26.2 Å². The molecule has 0 radical (unpaired) electrons. The maximum Gasteiger partial charge on any atom is 0.318 e. The van der Waals surface area contributed by atoms with E-state index in [4.69, 9.17) is 10.8 Å². The molecule has 20 heavy (non-hydrogen) atoms. The van der Waals surface area contributed by atoms with Crippen LogP contribution in [0.1, 0.15) is 40.5 Å². The first-order valence-electron chi connectivity index (χ1n) is 6.60. The Morgan fingerprint density at radius 3 is 2.25 bits per heavy atom. The first kappa shape index (κ1) is 18.2. The third kappa shape index (κ3) is 8.34. The monoisotopic (exact) mass is 287 g/mol. The average Bonchev–Trinajstić information content (AvgIpc) is 2.23. The summed E-state index contributed by atoms with van der Waals surface area (Å²) in [6.07, 6.45) is 0.271. The lowest BCUT2D eigenvalue weighted by Crippen LogP contribution is -2.52. The molecule has 7 heteroatoms. The Hall–Kier alpha value is -1.79. The molecule has 0 unspecified atom stereocenters. The summed E-state index contributed by atoms with van der Waals surface area (Å²) in [5.74, 6) is -1.30. The van der Waals surface area contributed by atoms with Crippen LogP contribution in [0.3, 0.4) is 0 Å². The smallest absolute Gasteiger partial charge is 0.318 e. The van der Waals surface area contributed by atoms with Crippen LogP contribution in [0.15, 0.2) is 0 Å². The number of aliphatic carboxylic acids is 1. The molecule has 0 heterocycles. The third-order valence-corrected chi connectivity index (χ3v) is 2.63. The van der Waals surface area contributed by atoms with Gasteiger partial charge in [0.05, 0.1) is 0 Å². The zero-order valence-corrected chi connectivity index (χ0v) is 12.6. The minimum Gasteiger partial charge on any atom is -0.481 e. The minimum absolute atomic E-state index is 0.0344. The molecule has 0 aromatic heterocycles. The van der Waals surface area contributed by atoms with Gasteiger partial charge in [0, 0.05) is 18.5 Å². The lowest BCUT2D eigenvalue weighted by Gasteiger charge is -2.31. The number of nitrogens with two attached hydrogens (primary N) is 1. The molecular formula is C13H25N3O4. The highest BCUT2D eigenvalue weighted by Gasteiger charge is 2.25. The van der Waals surface area contributed by atoms with Gasteiger partial charge < -0.3 is 21.1 Å². The van der Waals surface area contributed by atoms with Crippen molar-refractivity contribution >= 4 is 17.9 Å². The Kier molecular flexibility index (Phi) is 7.02. The highest BCUT2D eigenvalue weighted by Crippen LogP contribution is 2.12. The van der Waals surface area contributed by atoms with Gasteiger partial charge in [0.1, 0.15) is 6.54 Å². The number of nitrogens with zero attached hydrogens (tertiary/aromatic N) is 1. The molecule has 0 saturated heterocycles. The number of rotatable bonds is 8. The van der Waals surface area contributed by atoms with Crippen molar-refractivity contribution in [3.05, 3.63) is 0 Å². The molecule has 0 atom stereocenters. The molecule has 0 aliphatic rings. The second-order valence-electron chi connectivity index (χ2n) is 5.95. The topological polar surface area (TPSA) is 113 Å². The molecule has 0 aromatic carbocycles. The van der Waals surface area contributed by atoms with Crippen molar-refractivity contribution in [2.24, 2.45) is 11.7 Å². The lowest BCUT2D eigenvalue weighted by atomic mass is 9.98. The van der Waals surface area contributed by atoms with Gasteiger partial charge >= 0.3 is 12.0 Å². The summed E-state index contributed by atoms with van der Waals surface area (Å²) in [5.41, 5.74) is 4.47. The molecule has 4 N–H and O–H groups in total. The predicted molar refractivity (Wildman–Crippen MR) is 75.1 cm³/mol. The molecule has 0 saturated carbocycles. The number of carboxylic acid groups (broad SMARTS) is 1. The van der Waals surface area contributed by atoms with E-state index in [0.29, 0.717) is 13.0 Å². The van der Waals surface area contributed by atoms with E-state index in [2.05, 4.69) is 5.32 Å². The Balaban J connectivity index is 4.64. The van der Waals surface area contributed by atoms with Crippen LogP contribution in [0.5, 0.6) is 0 Å². The van der Waals surface area contributed by atoms with Crippen LogP contribution >= 0.6 is 0 Å². The third-order valence-electron chi connectivity index (χ3n) is 2.63. The lowest BCUT2D eigenvalue weighted by molar-refractivity contribution is -0.137. The summed E-state index contributed by atoms with van der Waals surface area (Å²) in [4.78, 5) is 35.0. The molecular weight excluding hydrogens is 262 g/mol. The zero-order chi connectivity index (χ0) is 15.9. The molecule has 116 valence electrons. The van der Waals surface area contributed by atoms with E-state index in [1.165, 1.54) is 4.90 Å². The second kappa shape index (κ2) is 7.72. The number of nitrogens with one attached hydrogen (secondary N) is 1. The zero-order valence-electron chi connectivity index (χ0n) is 12.6. The highest BCUT2D eigenvalue weighted by molar-refractivity contribution is 5.83. The van der Waals surface area contributed by atoms with E-state index in [-0.39, 0.29) is 18.9 Å². The summed E-state index contributed by atoms with van der Waals surface area (Å²) in [7, 11) is 0. The van der Waals surface area contributed by atoms with Crippen LogP contribution in [0.25, 0.3) is 0 Å². The van der Waals surface area contributed by atoms with Gasteiger partial charge in [-0.25, -0.2) is 4.79 Å². The number of carbonyl (C=O) groups excluding carboxylic acids is 2. The molecule has 0 rings (SSSR count). The van der Waals surface area contributed by atoms with E-state index in [9.17, 15) is 14.4 Å². The highest BCUT2D eigenvalue weighted by atomic mass is 16.4. The van der Waals surface area contributed by atoms with E-state index in [1.54, 1.807) is 13.8 Å². The number of primary amides is 1. The number of hydrogen-bond acceptors (Lipinski definition) is 3. The fourth-order valence-electron chi connectivity index (χ4n) is 1.70. The summed E-state index contributed by atoms with van der Waals surface area (Å²) >= 11 is 0. The normalized spacial score (nSPS) is 11.2. The molecule has 0 spiro atoms. The van der Waals surface area contributed by atoms with Gasteiger partial charge in [0.15, 0.2) is 0 Å². The Morgan fingerprint density at radius 2 is 1.85 bits per heavy atom. The van der Waals surface area contributed by atoms with E-state index < -0.39 is 23.4 Å². The first-order valence-corrected chi connectivity index (χ1v) is 6.60. The maximum absolute atomic E-state index is 12.1. The molecule has 0 bridgehead atoms. The summed E-state index contributed by atoms with van der Waals surface area (Å²) < 4.78 is 0. The Labute approximate surface area is 119 Å². The maximum atomic E-state index is 12.1.